The lowest BCUT2D eigenvalue weighted by atomic mass is 10.4. The number of rotatable bonds is 2. The number of nitrogens with zero attached hydrogens (tertiary/aromatic N) is 2. The molecule has 0 aromatic carbocycles. The van der Waals surface area contributed by atoms with Gasteiger partial charge in [0.1, 0.15) is 0 Å². The maximum atomic E-state index is 10.9. The molecule has 0 aliphatic heterocycles. The Labute approximate surface area is 75.6 Å². The van der Waals surface area contributed by atoms with E-state index in [0.29, 0.717) is 0 Å². The van der Waals surface area contributed by atoms with E-state index in [2.05, 4.69) is 5.10 Å². The average molecular weight is 209 g/mol. The van der Waals surface area contributed by atoms with Crippen molar-refractivity contribution in [1.29, 1.82) is 0 Å². The van der Waals surface area contributed by atoms with Crippen LogP contribution >= 0.6 is 10.7 Å². The van der Waals surface area contributed by atoms with Crippen LogP contribution in [0.25, 0.3) is 0 Å². The van der Waals surface area contributed by atoms with Crippen molar-refractivity contribution >= 4 is 19.7 Å². The van der Waals surface area contributed by atoms with Crippen LogP contribution in [0.1, 0.15) is 19.9 Å². The highest BCUT2D eigenvalue weighted by molar-refractivity contribution is 8.13. The summed E-state index contributed by atoms with van der Waals surface area (Å²) in [7, 11) is 1.50. The molecular weight excluding hydrogens is 200 g/mol. The fourth-order valence-corrected chi connectivity index (χ4v) is 1.95. The summed E-state index contributed by atoms with van der Waals surface area (Å²) < 4.78 is 23.2. The minimum Gasteiger partial charge on any atom is -0.250 e. The van der Waals surface area contributed by atoms with E-state index in [9.17, 15) is 8.42 Å². The van der Waals surface area contributed by atoms with Crippen molar-refractivity contribution in [3.63, 3.8) is 0 Å². The normalized spacial score (nSPS) is 12.3. The Balaban J connectivity index is 3.26. The quantitative estimate of drug-likeness (QED) is 0.691. The van der Waals surface area contributed by atoms with Crippen molar-refractivity contribution in [2.45, 2.75) is 24.9 Å². The van der Waals surface area contributed by atoms with E-state index >= 15 is 0 Å². The van der Waals surface area contributed by atoms with Gasteiger partial charge in [-0.2, -0.15) is 5.10 Å². The highest BCUT2D eigenvalue weighted by Crippen LogP contribution is 2.17. The molecule has 0 bridgehead atoms. The smallest absolute Gasteiger partial charge is 0.250 e. The second-order valence-electron chi connectivity index (χ2n) is 2.65. The average Bonchev–Trinajstić information content (AvgIpc) is 2.30. The predicted molar refractivity (Wildman–Crippen MR) is 45.7 cm³/mol. The van der Waals surface area contributed by atoms with Crippen LogP contribution in [-0.2, 0) is 9.05 Å². The molecule has 0 unspecified atom stereocenters. The van der Waals surface area contributed by atoms with E-state index in [1.807, 2.05) is 13.8 Å². The van der Waals surface area contributed by atoms with Gasteiger partial charge in [0, 0.05) is 16.7 Å². The highest BCUT2D eigenvalue weighted by Gasteiger charge is 2.17. The summed E-state index contributed by atoms with van der Waals surface area (Å²) in [5, 5.41) is 3.88. The van der Waals surface area contributed by atoms with Gasteiger partial charge in [0.05, 0.1) is 6.20 Å². The van der Waals surface area contributed by atoms with Gasteiger partial charge in [-0.25, -0.2) is 8.42 Å². The summed E-state index contributed by atoms with van der Waals surface area (Å²) in [6.45, 7) is 3.66. The van der Waals surface area contributed by atoms with E-state index < -0.39 is 9.05 Å². The topological polar surface area (TPSA) is 52.0 Å². The van der Waals surface area contributed by atoms with Crippen molar-refractivity contribution in [3.05, 3.63) is 12.3 Å². The molecule has 0 N–H and O–H groups in total. The number of halogens is 1. The molecule has 0 radical (unpaired) electrons. The van der Waals surface area contributed by atoms with Crippen molar-refractivity contribution in [1.82, 2.24) is 9.78 Å². The standard InChI is InChI=1S/C6H9ClN2O2S/c1-5(2)9-6(3-4-8-9)12(7,10)11/h3-5H,1-2H3. The number of hydrogen-bond acceptors (Lipinski definition) is 3. The SMILES string of the molecule is CC(C)n1nccc1S(=O)(=O)Cl. The zero-order chi connectivity index (χ0) is 9.35. The summed E-state index contributed by atoms with van der Waals surface area (Å²) in [4.78, 5) is 0. The molecule has 0 saturated heterocycles. The van der Waals surface area contributed by atoms with Gasteiger partial charge in [-0.3, -0.25) is 4.68 Å². The number of aromatic nitrogens is 2. The maximum Gasteiger partial charge on any atom is 0.278 e. The lowest BCUT2D eigenvalue weighted by Crippen LogP contribution is -2.08. The molecule has 1 aromatic rings. The minimum atomic E-state index is -3.66. The monoisotopic (exact) mass is 208 g/mol. The molecule has 0 amide bonds. The molecular formula is C6H9ClN2O2S. The first-order chi connectivity index (χ1) is 5.43. The molecule has 1 aromatic heterocycles. The predicted octanol–water partition coefficient (Wildman–Crippen LogP) is 1.39. The summed E-state index contributed by atoms with van der Waals surface area (Å²) >= 11 is 0. The van der Waals surface area contributed by atoms with E-state index in [1.54, 1.807) is 0 Å². The largest absolute Gasteiger partial charge is 0.278 e. The van der Waals surface area contributed by atoms with Crippen LogP contribution < -0.4 is 0 Å². The summed E-state index contributed by atoms with van der Waals surface area (Å²) in [5.41, 5.74) is 0. The Hall–Kier alpha value is -0.550. The third-order valence-electron chi connectivity index (χ3n) is 1.37. The summed E-state index contributed by atoms with van der Waals surface area (Å²) in [5.74, 6) is 0. The van der Waals surface area contributed by atoms with E-state index in [0.717, 1.165) is 0 Å². The molecule has 0 saturated carbocycles. The van der Waals surface area contributed by atoms with Crippen molar-refractivity contribution in [2.75, 3.05) is 0 Å². The lowest BCUT2D eigenvalue weighted by Gasteiger charge is -2.07. The van der Waals surface area contributed by atoms with Crippen LogP contribution in [0.15, 0.2) is 17.3 Å². The Morgan fingerprint density at radius 2 is 2.17 bits per heavy atom. The first kappa shape index (κ1) is 9.54. The van der Waals surface area contributed by atoms with Crippen LogP contribution in [0.5, 0.6) is 0 Å². The molecule has 0 atom stereocenters. The summed E-state index contributed by atoms with van der Waals surface area (Å²) in [6, 6.07) is 1.37. The molecule has 0 fully saturated rings. The minimum absolute atomic E-state index is 0.0106. The molecule has 1 rings (SSSR count). The molecule has 4 nitrogen and oxygen atoms in total. The van der Waals surface area contributed by atoms with Crippen molar-refractivity contribution in [2.24, 2.45) is 0 Å². The first-order valence-electron chi connectivity index (χ1n) is 3.41. The van der Waals surface area contributed by atoms with Gasteiger partial charge in [0.2, 0.25) is 0 Å². The Morgan fingerprint density at radius 1 is 1.58 bits per heavy atom. The summed E-state index contributed by atoms with van der Waals surface area (Å²) in [6.07, 6.45) is 1.41. The van der Waals surface area contributed by atoms with Gasteiger partial charge in [-0.05, 0) is 19.9 Å². The maximum absolute atomic E-state index is 10.9. The Kier molecular flexibility index (Phi) is 2.44. The van der Waals surface area contributed by atoms with E-state index in [4.69, 9.17) is 10.7 Å². The molecule has 1 heterocycles. The molecule has 12 heavy (non-hydrogen) atoms. The molecule has 0 aliphatic carbocycles. The van der Waals surface area contributed by atoms with Crippen LogP contribution in [0.2, 0.25) is 0 Å². The lowest BCUT2D eigenvalue weighted by molar-refractivity contribution is 0.482. The first-order valence-corrected chi connectivity index (χ1v) is 5.72. The van der Waals surface area contributed by atoms with Gasteiger partial charge < -0.3 is 0 Å². The van der Waals surface area contributed by atoms with Crippen LogP contribution in [-0.4, -0.2) is 18.2 Å². The van der Waals surface area contributed by atoms with Crippen LogP contribution in [0.4, 0.5) is 0 Å². The van der Waals surface area contributed by atoms with Gasteiger partial charge in [-0.1, -0.05) is 0 Å². The highest BCUT2D eigenvalue weighted by atomic mass is 35.7. The molecule has 0 aliphatic rings. The zero-order valence-corrected chi connectivity index (χ0v) is 8.30. The molecule has 0 spiro atoms. The Morgan fingerprint density at radius 3 is 2.50 bits per heavy atom. The van der Waals surface area contributed by atoms with E-state index in [1.165, 1.54) is 16.9 Å². The van der Waals surface area contributed by atoms with Crippen LogP contribution in [0, 0.1) is 0 Å². The third kappa shape index (κ3) is 1.78. The number of hydrogen-bond donors (Lipinski definition) is 0. The fraction of sp³-hybridized carbons (Fsp3) is 0.500. The Bertz CT molecular complexity index is 369. The van der Waals surface area contributed by atoms with E-state index in [-0.39, 0.29) is 11.1 Å². The van der Waals surface area contributed by atoms with Crippen molar-refractivity contribution in [3.8, 4) is 0 Å². The van der Waals surface area contributed by atoms with Crippen LogP contribution in [0.3, 0.4) is 0 Å². The second kappa shape index (κ2) is 3.06. The fourth-order valence-electron chi connectivity index (χ4n) is 0.883. The van der Waals surface area contributed by atoms with Gasteiger partial charge in [-0.15, -0.1) is 0 Å². The molecule has 6 heteroatoms. The van der Waals surface area contributed by atoms with Gasteiger partial charge in [0.15, 0.2) is 5.03 Å². The van der Waals surface area contributed by atoms with Gasteiger partial charge in [0.25, 0.3) is 9.05 Å². The molecule has 68 valence electrons. The second-order valence-corrected chi connectivity index (χ2v) is 5.16. The van der Waals surface area contributed by atoms with Gasteiger partial charge >= 0.3 is 0 Å². The van der Waals surface area contributed by atoms with Crippen molar-refractivity contribution < 1.29 is 8.42 Å². The third-order valence-corrected chi connectivity index (χ3v) is 2.67. The zero-order valence-electron chi connectivity index (χ0n) is 6.73.